The molecule has 1 amide bonds. The quantitative estimate of drug-likeness (QED) is 0.874. The maximum absolute atomic E-state index is 12.7. The molecule has 1 atom stereocenters. The Morgan fingerprint density at radius 1 is 1.50 bits per heavy atom. The SMILES string of the molecule is CCN(C(=O)c1cc(NC)ncc1Cl)C(C)CN(C)C. The van der Waals surface area contributed by atoms with Crippen molar-refractivity contribution in [1.82, 2.24) is 14.8 Å². The van der Waals surface area contributed by atoms with E-state index in [1.807, 2.05) is 32.8 Å². The monoisotopic (exact) mass is 298 g/mol. The van der Waals surface area contributed by atoms with Crippen LogP contribution in [0.5, 0.6) is 0 Å². The third-order valence-corrected chi connectivity index (χ3v) is 3.41. The summed E-state index contributed by atoms with van der Waals surface area (Å²) < 4.78 is 0. The summed E-state index contributed by atoms with van der Waals surface area (Å²) in [6.45, 7) is 5.45. The molecule has 6 heteroatoms. The molecular weight excluding hydrogens is 276 g/mol. The van der Waals surface area contributed by atoms with Crippen LogP contribution in [0.15, 0.2) is 12.3 Å². The molecule has 1 unspecified atom stereocenters. The Morgan fingerprint density at radius 3 is 2.65 bits per heavy atom. The van der Waals surface area contributed by atoms with Crippen LogP contribution in [0.1, 0.15) is 24.2 Å². The average molecular weight is 299 g/mol. The number of anilines is 1. The predicted octanol–water partition coefficient (Wildman–Crippen LogP) is 2.19. The molecule has 1 rings (SSSR count). The van der Waals surface area contributed by atoms with Gasteiger partial charge in [-0.1, -0.05) is 11.6 Å². The van der Waals surface area contributed by atoms with Crippen molar-refractivity contribution < 1.29 is 4.79 Å². The smallest absolute Gasteiger partial charge is 0.255 e. The summed E-state index contributed by atoms with van der Waals surface area (Å²) in [6.07, 6.45) is 1.51. The van der Waals surface area contributed by atoms with E-state index in [0.717, 1.165) is 6.54 Å². The van der Waals surface area contributed by atoms with Crippen LogP contribution in [0, 0.1) is 0 Å². The number of hydrogen-bond acceptors (Lipinski definition) is 4. The van der Waals surface area contributed by atoms with Gasteiger partial charge >= 0.3 is 0 Å². The van der Waals surface area contributed by atoms with Gasteiger partial charge in [-0.05, 0) is 34.0 Å². The van der Waals surface area contributed by atoms with Gasteiger partial charge in [-0.15, -0.1) is 0 Å². The van der Waals surface area contributed by atoms with Crippen molar-refractivity contribution >= 4 is 23.3 Å². The number of nitrogens with zero attached hydrogens (tertiary/aromatic N) is 3. The van der Waals surface area contributed by atoms with Crippen LogP contribution in [0.25, 0.3) is 0 Å². The fraction of sp³-hybridized carbons (Fsp3) is 0.571. The second-order valence-electron chi connectivity index (χ2n) is 5.00. The molecule has 0 radical (unpaired) electrons. The Hall–Kier alpha value is -1.33. The molecule has 0 aliphatic carbocycles. The van der Waals surface area contributed by atoms with E-state index in [2.05, 4.69) is 15.2 Å². The van der Waals surface area contributed by atoms with E-state index in [-0.39, 0.29) is 11.9 Å². The third-order valence-electron chi connectivity index (χ3n) is 3.10. The standard InChI is InChI=1S/C14H23ClN4O/c1-6-19(10(2)9-18(4)5)14(20)11-7-13(16-3)17-8-12(11)15/h7-8,10H,6,9H2,1-5H3,(H,16,17). The van der Waals surface area contributed by atoms with E-state index in [1.54, 1.807) is 13.1 Å². The van der Waals surface area contributed by atoms with E-state index in [9.17, 15) is 4.79 Å². The summed E-state index contributed by atoms with van der Waals surface area (Å²) in [5, 5.41) is 3.30. The maximum Gasteiger partial charge on any atom is 0.255 e. The first-order chi connectivity index (χ1) is 9.40. The summed E-state index contributed by atoms with van der Waals surface area (Å²) in [7, 11) is 5.75. The molecule has 0 spiro atoms. The molecule has 0 aromatic carbocycles. The fourth-order valence-corrected chi connectivity index (χ4v) is 2.36. The van der Waals surface area contributed by atoms with Gasteiger partial charge in [0.15, 0.2) is 0 Å². The first-order valence-electron chi connectivity index (χ1n) is 6.69. The Bertz CT molecular complexity index is 464. The van der Waals surface area contributed by atoms with Crippen LogP contribution in [0.4, 0.5) is 5.82 Å². The number of nitrogens with one attached hydrogen (secondary N) is 1. The van der Waals surface area contributed by atoms with Crippen LogP contribution in [-0.4, -0.2) is 61.0 Å². The molecule has 0 saturated carbocycles. The first-order valence-corrected chi connectivity index (χ1v) is 7.07. The Labute approximate surface area is 125 Å². The molecule has 112 valence electrons. The highest BCUT2D eigenvalue weighted by atomic mass is 35.5. The van der Waals surface area contributed by atoms with Crippen molar-refractivity contribution in [3.63, 3.8) is 0 Å². The van der Waals surface area contributed by atoms with Gasteiger partial charge < -0.3 is 15.1 Å². The summed E-state index contributed by atoms with van der Waals surface area (Å²) in [4.78, 5) is 20.6. The van der Waals surface area contributed by atoms with Crippen molar-refractivity contribution in [3.8, 4) is 0 Å². The molecule has 0 aliphatic heterocycles. The van der Waals surface area contributed by atoms with Crippen molar-refractivity contribution in [2.24, 2.45) is 0 Å². The normalized spacial score (nSPS) is 12.3. The number of carbonyl (C=O) groups is 1. The van der Waals surface area contributed by atoms with Gasteiger partial charge in [-0.25, -0.2) is 4.98 Å². The number of hydrogen-bond donors (Lipinski definition) is 1. The van der Waals surface area contributed by atoms with E-state index >= 15 is 0 Å². The summed E-state index contributed by atoms with van der Waals surface area (Å²) in [5.41, 5.74) is 0.485. The Balaban J connectivity index is 3.01. The molecule has 0 fully saturated rings. The molecule has 5 nitrogen and oxygen atoms in total. The van der Waals surface area contributed by atoms with Crippen LogP contribution in [-0.2, 0) is 0 Å². The molecule has 1 heterocycles. The van der Waals surface area contributed by atoms with Gasteiger partial charge in [0.25, 0.3) is 5.91 Å². The lowest BCUT2D eigenvalue weighted by Crippen LogP contribution is -2.43. The number of carbonyl (C=O) groups excluding carboxylic acids is 1. The predicted molar refractivity (Wildman–Crippen MR) is 83.5 cm³/mol. The lowest BCUT2D eigenvalue weighted by Gasteiger charge is -2.30. The Morgan fingerprint density at radius 2 is 2.15 bits per heavy atom. The minimum atomic E-state index is -0.0641. The van der Waals surface area contributed by atoms with E-state index in [1.165, 1.54) is 6.20 Å². The molecule has 0 saturated heterocycles. The van der Waals surface area contributed by atoms with Crippen molar-refractivity contribution in [2.45, 2.75) is 19.9 Å². The van der Waals surface area contributed by atoms with Crippen molar-refractivity contribution in [2.75, 3.05) is 39.5 Å². The third kappa shape index (κ3) is 4.08. The first kappa shape index (κ1) is 16.7. The molecule has 1 aromatic rings. The van der Waals surface area contributed by atoms with Gasteiger partial charge in [0, 0.05) is 32.4 Å². The minimum Gasteiger partial charge on any atom is -0.373 e. The van der Waals surface area contributed by atoms with Crippen LogP contribution in [0.3, 0.4) is 0 Å². The minimum absolute atomic E-state index is 0.0641. The van der Waals surface area contributed by atoms with Gasteiger partial charge in [-0.3, -0.25) is 4.79 Å². The van der Waals surface area contributed by atoms with E-state index in [0.29, 0.717) is 22.9 Å². The van der Waals surface area contributed by atoms with Gasteiger partial charge in [0.2, 0.25) is 0 Å². The molecule has 1 N–H and O–H groups in total. The largest absolute Gasteiger partial charge is 0.373 e. The van der Waals surface area contributed by atoms with Crippen LogP contribution >= 0.6 is 11.6 Å². The zero-order valence-corrected chi connectivity index (χ0v) is 13.5. The molecule has 0 bridgehead atoms. The highest BCUT2D eigenvalue weighted by Gasteiger charge is 2.22. The van der Waals surface area contributed by atoms with Gasteiger partial charge in [-0.2, -0.15) is 0 Å². The van der Waals surface area contributed by atoms with Crippen LogP contribution in [0.2, 0.25) is 5.02 Å². The average Bonchev–Trinajstić information content (AvgIpc) is 2.39. The Kier molecular flexibility index (Phi) is 6.23. The number of aromatic nitrogens is 1. The summed E-state index contributed by atoms with van der Waals surface area (Å²) in [6, 6.07) is 1.81. The summed E-state index contributed by atoms with van der Waals surface area (Å²) in [5.74, 6) is 0.569. The topological polar surface area (TPSA) is 48.5 Å². The number of pyridine rings is 1. The molecule has 0 aliphatic rings. The van der Waals surface area contributed by atoms with E-state index in [4.69, 9.17) is 11.6 Å². The van der Waals surface area contributed by atoms with Gasteiger partial charge in [0.1, 0.15) is 5.82 Å². The highest BCUT2D eigenvalue weighted by molar-refractivity contribution is 6.33. The molecular formula is C14H23ClN4O. The number of rotatable bonds is 6. The van der Waals surface area contributed by atoms with Gasteiger partial charge in [0.05, 0.1) is 10.6 Å². The number of amides is 1. The second kappa shape index (κ2) is 7.45. The van der Waals surface area contributed by atoms with Crippen molar-refractivity contribution in [3.05, 3.63) is 22.8 Å². The number of likely N-dealkylation sites (N-methyl/N-ethyl adjacent to an activating group) is 2. The van der Waals surface area contributed by atoms with Crippen LogP contribution < -0.4 is 5.32 Å². The highest BCUT2D eigenvalue weighted by Crippen LogP contribution is 2.20. The molecule has 1 aromatic heterocycles. The summed E-state index contributed by atoms with van der Waals surface area (Å²) >= 11 is 6.11. The zero-order chi connectivity index (χ0) is 15.3. The number of halogens is 1. The maximum atomic E-state index is 12.7. The molecule has 20 heavy (non-hydrogen) atoms. The fourth-order valence-electron chi connectivity index (χ4n) is 2.18. The van der Waals surface area contributed by atoms with E-state index < -0.39 is 0 Å². The van der Waals surface area contributed by atoms with Crippen molar-refractivity contribution in [1.29, 1.82) is 0 Å². The zero-order valence-electron chi connectivity index (χ0n) is 12.8. The second-order valence-corrected chi connectivity index (χ2v) is 5.41. The lowest BCUT2D eigenvalue weighted by atomic mass is 10.2. The lowest BCUT2D eigenvalue weighted by molar-refractivity contribution is 0.0679.